The second kappa shape index (κ2) is 4.57. The number of halogens is 2. The highest BCUT2D eigenvalue weighted by Crippen LogP contribution is 2.31. The van der Waals surface area contributed by atoms with Gasteiger partial charge in [0, 0.05) is 12.0 Å². The average Bonchev–Trinajstić information content (AvgIpc) is 2.28. The molecule has 0 aromatic carbocycles. The smallest absolute Gasteiger partial charge is 0.411 e. The minimum atomic E-state index is -1.47. The summed E-state index contributed by atoms with van der Waals surface area (Å²) in [7, 11) is 1.22. The Labute approximate surface area is 96.6 Å². The van der Waals surface area contributed by atoms with Gasteiger partial charge in [0.1, 0.15) is 18.2 Å². The van der Waals surface area contributed by atoms with Crippen LogP contribution in [-0.2, 0) is 9.47 Å². The van der Waals surface area contributed by atoms with Crippen molar-refractivity contribution >= 4 is 6.09 Å². The fourth-order valence-corrected chi connectivity index (χ4v) is 1.67. The Hall–Kier alpha value is -1.85. The summed E-state index contributed by atoms with van der Waals surface area (Å²) >= 11 is 0. The van der Waals surface area contributed by atoms with E-state index in [0.29, 0.717) is 11.3 Å². The molecule has 92 valence electrons. The molecule has 0 spiro atoms. The first kappa shape index (κ1) is 11.6. The van der Waals surface area contributed by atoms with E-state index < -0.39 is 18.1 Å². The molecule has 1 N–H and O–H groups in total. The molecule has 0 radical (unpaired) electrons. The zero-order valence-electron chi connectivity index (χ0n) is 9.13. The van der Waals surface area contributed by atoms with Crippen molar-refractivity contribution in [2.24, 2.45) is 0 Å². The number of alkyl halides is 1. The first-order valence-corrected chi connectivity index (χ1v) is 5.03. The number of alkyl carbamates (subject to hydrolysis) is 1. The van der Waals surface area contributed by atoms with E-state index >= 15 is 0 Å². The van der Waals surface area contributed by atoms with Crippen LogP contribution in [0.1, 0.15) is 6.42 Å². The number of hydrogen-bond donors (Lipinski definition) is 1. The van der Waals surface area contributed by atoms with Crippen LogP contribution >= 0.6 is 0 Å². The van der Waals surface area contributed by atoms with Gasteiger partial charge < -0.3 is 9.47 Å². The summed E-state index contributed by atoms with van der Waals surface area (Å²) in [6.45, 7) is 0.0316. The van der Waals surface area contributed by atoms with E-state index in [2.05, 4.69) is 10.1 Å². The SMILES string of the molecule is COC(=O)NC1=CC2=C(OC1)C(F)CC(F)=C2. The molecular weight excluding hydrogens is 232 g/mol. The van der Waals surface area contributed by atoms with Crippen LogP contribution < -0.4 is 5.32 Å². The summed E-state index contributed by atoms with van der Waals surface area (Å²) in [4.78, 5) is 11.0. The highest BCUT2D eigenvalue weighted by atomic mass is 19.1. The molecule has 1 aliphatic heterocycles. The topological polar surface area (TPSA) is 47.6 Å². The summed E-state index contributed by atoms with van der Waals surface area (Å²) < 4.78 is 36.0. The lowest BCUT2D eigenvalue weighted by atomic mass is 10.00. The Balaban J connectivity index is 2.20. The van der Waals surface area contributed by atoms with E-state index in [0.717, 1.165) is 0 Å². The van der Waals surface area contributed by atoms with Gasteiger partial charge in [-0.2, -0.15) is 0 Å². The minimum absolute atomic E-state index is 0.0316. The van der Waals surface area contributed by atoms with Crippen LogP contribution in [0.5, 0.6) is 0 Å². The van der Waals surface area contributed by atoms with Crippen molar-refractivity contribution < 1.29 is 23.0 Å². The number of carbonyl (C=O) groups excluding carboxylic acids is 1. The first-order chi connectivity index (χ1) is 8.10. The van der Waals surface area contributed by atoms with E-state index in [-0.39, 0.29) is 18.8 Å². The third kappa shape index (κ3) is 2.46. The maximum Gasteiger partial charge on any atom is 0.411 e. The van der Waals surface area contributed by atoms with Crippen molar-refractivity contribution in [3.8, 4) is 0 Å². The molecule has 1 amide bonds. The van der Waals surface area contributed by atoms with E-state index in [1.807, 2.05) is 0 Å². The Morgan fingerprint density at radius 1 is 1.59 bits per heavy atom. The lowest BCUT2D eigenvalue weighted by Crippen LogP contribution is -2.28. The summed E-state index contributed by atoms with van der Waals surface area (Å²) in [6, 6.07) is 0. The number of nitrogens with one attached hydrogen (secondary N) is 1. The summed E-state index contributed by atoms with van der Waals surface area (Å²) in [5, 5.41) is 2.40. The molecule has 0 aromatic rings. The molecule has 1 heterocycles. The molecule has 1 unspecified atom stereocenters. The van der Waals surface area contributed by atoms with Gasteiger partial charge in [0.15, 0.2) is 6.17 Å². The molecule has 0 fully saturated rings. The average molecular weight is 243 g/mol. The molecular formula is C11H11F2NO3. The minimum Gasteiger partial charge on any atom is -0.488 e. The standard InChI is InChI=1S/C11H11F2NO3/c1-16-11(15)14-8-3-6-2-7(12)4-9(13)10(6)17-5-8/h2-3,9H,4-5H2,1H3,(H,14,15). The molecule has 2 aliphatic rings. The summed E-state index contributed by atoms with van der Waals surface area (Å²) in [5.41, 5.74) is 0.702. The molecule has 4 nitrogen and oxygen atoms in total. The van der Waals surface area contributed by atoms with Crippen molar-refractivity contribution in [2.45, 2.75) is 12.6 Å². The lowest BCUT2D eigenvalue weighted by Gasteiger charge is -2.24. The Bertz CT molecular complexity index is 440. The van der Waals surface area contributed by atoms with Crippen LogP contribution in [0.15, 0.2) is 35.0 Å². The molecule has 0 bridgehead atoms. The number of methoxy groups -OCH3 is 1. The van der Waals surface area contributed by atoms with Crippen molar-refractivity contribution in [3.05, 3.63) is 35.0 Å². The number of allylic oxidation sites excluding steroid dienone is 5. The molecule has 0 saturated carbocycles. The highest BCUT2D eigenvalue weighted by Gasteiger charge is 2.27. The van der Waals surface area contributed by atoms with Gasteiger partial charge in [-0.05, 0) is 12.2 Å². The largest absolute Gasteiger partial charge is 0.488 e. The van der Waals surface area contributed by atoms with E-state index in [9.17, 15) is 13.6 Å². The molecule has 0 saturated heterocycles. The van der Waals surface area contributed by atoms with Crippen LogP contribution in [0.4, 0.5) is 13.6 Å². The molecule has 0 aromatic heterocycles. The highest BCUT2D eigenvalue weighted by molar-refractivity contribution is 5.69. The second-order valence-corrected chi connectivity index (χ2v) is 3.66. The van der Waals surface area contributed by atoms with Crippen LogP contribution in [0, 0.1) is 0 Å². The van der Waals surface area contributed by atoms with E-state index in [1.54, 1.807) is 0 Å². The van der Waals surface area contributed by atoms with Gasteiger partial charge >= 0.3 is 6.09 Å². The third-order valence-electron chi connectivity index (χ3n) is 2.42. The maximum absolute atomic E-state index is 13.4. The predicted molar refractivity (Wildman–Crippen MR) is 55.3 cm³/mol. The van der Waals surface area contributed by atoms with Crippen LogP contribution in [0.25, 0.3) is 0 Å². The van der Waals surface area contributed by atoms with Crippen molar-refractivity contribution in [1.82, 2.24) is 5.32 Å². The lowest BCUT2D eigenvalue weighted by molar-refractivity contribution is 0.149. The monoisotopic (exact) mass is 243 g/mol. The van der Waals surface area contributed by atoms with Gasteiger partial charge in [0.2, 0.25) is 0 Å². The van der Waals surface area contributed by atoms with Gasteiger partial charge in [-0.1, -0.05) is 0 Å². The zero-order chi connectivity index (χ0) is 12.4. The number of hydrogen-bond acceptors (Lipinski definition) is 3. The predicted octanol–water partition coefficient (Wildman–Crippen LogP) is 2.11. The number of carbonyl (C=O) groups is 1. The summed E-state index contributed by atoms with van der Waals surface area (Å²) in [6.07, 6.45) is 0.253. The van der Waals surface area contributed by atoms with Gasteiger partial charge in [0.25, 0.3) is 0 Å². The molecule has 17 heavy (non-hydrogen) atoms. The quantitative estimate of drug-likeness (QED) is 0.767. The van der Waals surface area contributed by atoms with E-state index in [4.69, 9.17) is 4.74 Å². The van der Waals surface area contributed by atoms with Crippen LogP contribution in [0.2, 0.25) is 0 Å². The third-order valence-corrected chi connectivity index (χ3v) is 2.42. The number of rotatable bonds is 1. The Morgan fingerprint density at radius 2 is 2.35 bits per heavy atom. The normalized spacial score (nSPS) is 23.1. The van der Waals surface area contributed by atoms with Crippen LogP contribution in [0.3, 0.4) is 0 Å². The van der Waals surface area contributed by atoms with Gasteiger partial charge in [-0.15, -0.1) is 0 Å². The van der Waals surface area contributed by atoms with Gasteiger partial charge in [-0.3, -0.25) is 5.32 Å². The Morgan fingerprint density at radius 3 is 3.06 bits per heavy atom. The maximum atomic E-state index is 13.4. The number of ether oxygens (including phenoxy) is 2. The van der Waals surface area contributed by atoms with Gasteiger partial charge in [0.05, 0.1) is 12.8 Å². The first-order valence-electron chi connectivity index (χ1n) is 5.03. The van der Waals surface area contributed by atoms with E-state index in [1.165, 1.54) is 19.3 Å². The molecule has 1 atom stereocenters. The number of amides is 1. The fourth-order valence-electron chi connectivity index (χ4n) is 1.67. The van der Waals surface area contributed by atoms with Crippen LogP contribution in [-0.4, -0.2) is 26.0 Å². The zero-order valence-corrected chi connectivity index (χ0v) is 9.13. The fraction of sp³-hybridized carbons (Fsp3) is 0.364. The van der Waals surface area contributed by atoms with Gasteiger partial charge in [-0.25, -0.2) is 13.6 Å². The van der Waals surface area contributed by atoms with Crippen molar-refractivity contribution in [1.29, 1.82) is 0 Å². The van der Waals surface area contributed by atoms with Crippen molar-refractivity contribution in [3.63, 3.8) is 0 Å². The Kier molecular flexibility index (Phi) is 3.12. The summed E-state index contributed by atoms with van der Waals surface area (Å²) in [5.74, 6) is -0.433. The molecule has 6 heteroatoms. The van der Waals surface area contributed by atoms with Crippen molar-refractivity contribution in [2.75, 3.05) is 13.7 Å². The molecule has 1 aliphatic carbocycles. The molecule has 2 rings (SSSR count). The second-order valence-electron chi connectivity index (χ2n) is 3.66.